The Labute approximate surface area is 153 Å². The molecule has 2 saturated heterocycles. The summed E-state index contributed by atoms with van der Waals surface area (Å²) in [5.74, 6) is 0.213. The fraction of sp³-hybridized carbons (Fsp3) is 0.579. The zero-order chi connectivity index (χ0) is 19.3. The smallest absolute Gasteiger partial charge is 0.407 e. The van der Waals surface area contributed by atoms with E-state index >= 15 is 0 Å². The largest absolute Gasteiger partial charge is 0.508 e. The molecule has 2 N–H and O–H groups in total. The molecule has 2 amide bonds. The lowest BCUT2D eigenvalue weighted by atomic mass is 9.84. The van der Waals surface area contributed by atoms with Gasteiger partial charge in [-0.3, -0.25) is 4.79 Å². The summed E-state index contributed by atoms with van der Waals surface area (Å²) in [6.45, 7) is 6.96. The van der Waals surface area contributed by atoms with Crippen LogP contribution in [0.2, 0.25) is 0 Å². The zero-order valence-corrected chi connectivity index (χ0v) is 15.8. The maximum atomic E-state index is 13.3. The number of phenols is 1. The molecule has 1 unspecified atom stereocenters. The van der Waals surface area contributed by atoms with Crippen molar-refractivity contribution in [2.75, 3.05) is 25.0 Å². The summed E-state index contributed by atoms with van der Waals surface area (Å²) in [4.78, 5) is 30.0. The van der Waals surface area contributed by atoms with E-state index in [1.54, 1.807) is 17.0 Å². The topological polar surface area (TPSA) is 84.3 Å². The first-order valence-corrected chi connectivity index (χ1v) is 8.91. The number of benzene rings is 1. The van der Waals surface area contributed by atoms with E-state index in [0.717, 1.165) is 5.69 Å². The van der Waals surface area contributed by atoms with Gasteiger partial charge in [0, 0.05) is 31.2 Å². The van der Waals surface area contributed by atoms with Gasteiger partial charge in [-0.1, -0.05) is 20.8 Å². The number of nitrogens with zero attached hydrogens (tertiary/aromatic N) is 3. The molecule has 0 aromatic heterocycles. The molecule has 142 valence electrons. The van der Waals surface area contributed by atoms with Crippen molar-refractivity contribution < 1.29 is 19.8 Å². The van der Waals surface area contributed by atoms with Crippen LogP contribution in [0.1, 0.15) is 33.6 Å². The van der Waals surface area contributed by atoms with Crippen LogP contribution >= 0.6 is 0 Å². The number of carboxylic acid groups (broad SMARTS) is 1. The maximum Gasteiger partial charge on any atom is 0.407 e. The summed E-state index contributed by atoms with van der Waals surface area (Å²) in [6.07, 6.45) is -0.190. The van der Waals surface area contributed by atoms with E-state index in [-0.39, 0.29) is 23.2 Å². The number of carbonyl (C=O) groups is 2. The number of likely N-dealkylation sites (N-methyl/N-ethyl adjacent to an activating group) is 1. The summed E-state index contributed by atoms with van der Waals surface area (Å²) in [5.41, 5.74) is -0.0880. The molecule has 2 fully saturated rings. The molecule has 2 heterocycles. The van der Waals surface area contributed by atoms with Crippen LogP contribution in [0, 0.1) is 5.41 Å². The monoisotopic (exact) mass is 361 g/mol. The van der Waals surface area contributed by atoms with Gasteiger partial charge in [-0.15, -0.1) is 0 Å². The quantitative estimate of drug-likeness (QED) is 0.803. The van der Waals surface area contributed by atoms with Gasteiger partial charge in [-0.2, -0.15) is 0 Å². The lowest BCUT2D eigenvalue weighted by Gasteiger charge is -2.47. The van der Waals surface area contributed by atoms with E-state index in [9.17, 15) is 19.8 Å². The van der Waals surface area contributed by atoms with Crippen LogP contribution in [0.15, 0.2) is 24.3 Å². The molecule has 0 bridgehead atoms. The highest BCUT2D eigenvalue weighted by molar-refractivity contribution is 5.94. The lowest BCUT2D eigenvalue weighted by Crippen LogP contribution is -2.59. The Balaban J connectivity index is 2.07. The molecule has 3 rings (SSSR count). The molecule has 1 aromatic carbocycles. The minimum absolute atomic E-state index is 0.0375. The van der Waals surface area contributed by atoms with Crippen molar-refractivity contribution in [1.29, 1.82) is 0 Å². The Hall–Kier alpha value is -2.44. The first-order valence-electron chi connectivity index (χ1n) is 8.91. The summed E-state index contributed by atoms with van der Waals surface area (Å²) < 4.78 is 0. The third kappa shape index (κ3) is 2.75. The molecule has 1 spiro atoms. The van der Waals surface area contributed by atoms with Crippen molar-refractivity contribution >= 4 is 17.7 Å². The zero-order valence-electron chi connectivity index (χ0n) is 15.8. The van der Waals surface area contributed by atoms with Crippen LogP contribution in [0.3, 0.4) is 0 Å². The van der Waals surface area contributed by atoms with E-state index in [4.69, 9.17) is 0 Å². The molecule has 7 heteroatoms. The molecule has 0 saturated carbocycles. The van der Waals surface area contributed by atoms with Crippen LogP contribution in [-0.4, -0.2) is 63.9 Å². The van der Waals surface area contributed by atoms with Gasteiger partial charge in [0.05, 0.1) is 0 Å². The van der Waals surface area contributed by atoms with Gasteiger partial charge in [0.25, 0.3) is 0 Å². The lowest BCUT2D eigenvalue weighted by molar-refractivity contribution is -0.134. The highest BCUT2D eigenvalue weighted by atomic mass is 16.4. The molecule has 0 aliphatic carbocycles. The van der Waals surface area contributed by atoms with Crippen molar-refractivity contribution in [3.8, 4) is 5.75 Å². The third-order valence-corrected chi connectivity index (χ3v) is 5.55. The molecule has 0 radical (unpaired) electrons. The molecule has 1 atom stereocenters. The van der Waals surface area contributed by atoms with Gasteiger partial charge < -0.3 is 24.9 Å². The molecule has 1 aromatic rings. The van der Waals surface area contributed by atoms with Crippen LogP contribution < -0.4 is 4.90 Å². The molecular weight excluding hydrogens is 334 g/mol. The minimum atomic E-state index is -0.942. The minimum Gasteiger partial charge on any atom is -0.508 e. The normalized spacial score (nSPS) is 23.0. The van der Waals surface area contributed by atoms with Crippen molar-refractivity contribution in [2.24, 2.45) is 5.41 Å². The van der Waals surface area contributed by atoms with E-state index in [1.165, 1.54) is 4.90 Å². The first-order chi connectivity index (χ1) is 12.1. The summed E-state index contributed by atoms with van der Waals surface area (Å²) >= 11 is 0. The standard InChI is InChI=1S/C19H27N3O4/c1-18(2,3)15-20(4)16(24)19(9-11-21(12-10-19)17(25)26)22(15)13-5-7-14(23)8-6-13/h5-8,15,23H,9-12H2,1-4H3,(H,25,26). The second-order valence-corrected chi connectivity index (χ2v) is 8.34. The number of hydrogen-bond donors (Lipinski definition) is 2. The fourth-order valence-corrected chi connectivity index (χ4v) is 4.44. The van der Waals surface area contributed by atoms with Gasteiger partial charge in [-0.05, 0) is 37.1 Å². The number of phenolic OH excluding ortho intramolecular Hbond substituents is 1. The van der Waals surface area contributed by atoms with Gasteiger partial charge in [0.15, 0.2) is 0 Å². The van der Waals surface area contributed by atoms with Crippen LogP contribution in [0.25, 0.3) is 0 Å². The molecule has 7 nitrogen and oxygen atoms in total. The second kappa shape index (κ2) is 6.07. The Morgan fingerprint density at radius 2 is 1.69 bits per heavy atom. The number of piperidine rings is 1. The Morgan fingerprint density at radius 1 is 1.15 bits per heavy atom. The van der Waals surface area contributed by atoms with Gasteiger partial charge in [0.2, 0.25) is 5.91 Å². The summed E-state index contributed by atoms with van der Waals surface area (Å²) in [5, 5.41) is 18.9. The number of aromatic hydroxyl groups is 1. The van der Waals surface area contributed by atoms with E-state index in [2.05, 4.69) is 25.7 Å². The number of rotatable bonds is 1. The highest BCUT2D eigenvalue weighted by Crippen LogP contribution is 2.46. The van der Waals surface area contributed by atoms with Crippen LogP contribution in [-0.2, 0) is 4.79 Å². The predicted octanol–water partition coefficient (Wildman–Crippen LogP) is 2.56. The summed E-state index contributed by atoms with van der Waals surface area (Å²) in [7, 11) is 1.82. The molecule has 26 heavy (non-hydrogen) atoms. The molecule has 2 aliphatic heterocycles. The SMILES string of the molecule is CN1C(=O)C2(CCN(C(=O)O)CC2)N(c2ccc(O)cc2)C1C(C)(C)C. The second-order valence-electron chi connectivity index (χ2n) is 8.34. The Bertz CT molecular complexity index is 702. The van der Waals surface area contributed by atoms with Crippen LogP contribution in [0.4, 0.5) is 10.5 Å². The van der Waals surface area contributed by atoms with Gasteiger partial charge in [0.1, 0.15) is 17.5 Å². The van der Waals surface area contributed by atoms with E-state index in [1.807, 2.05) is 19.2 Å². The average Bonchev–Trinajstić information content (AvgIpc) is 2.78. The molecule has 2 aliphatic rings. The van der Waals surface area contributed by atoms with Crippen LogP contribution in [0.5, 0.6) is 5.75 Å². The predicted molar refractivity (Wildman–Crippen MR) is 98.2 cm³/mol. The Kier molecular flexibility index (Phi) is 4.29. The molecular formula is C19H27N3O4. The Morgan fingerprint density at radius 3 is 2.15 bits per heavy atom. The van der Waals surface area contributed by atoms with Gasteiger partial charge in [-0.25, -0.2) is 4.79 Å². The van der Waals surface area contributed by atoms with E-state index < -0.39 is 11.6 Å². The average molecular weight is 361 g/mol. The third-order valence-electron chi connectivity index (χ3n) is 5.55. The van der Waals surface area contributed by atoms with Crippen molar-refractivity contribution in [3.63, 3.8) is 0 Å². The van der Waals surface area contributed by atoms with Crippen molar-refractivity contribution in [2.45, 2.75) is 45.3 Å². The van der Waals surface area contributed by atoms with Crippen molar-refractivity contribution in [3.05, 3.63) is 24.3 Å². The number of hydrogen-bond acceptors (Lipinski definition) is 4. The number of carbonyl (C=O) groups excluding carboxylic acids is 1. The number of anilines is 1. The maximum absolute atomic E-state index is 13.3. The highest BCUT2D eigenvalue weighted by Gasteiger charge is 2.59. The number of amides is 2. The van der Waals surface area contributed by atoms with E-state index in [0.29, 0.717) is 25.9 Å². The number of likely N-dealkylation sites (tertiary alicyclic amines) is 1. The summed E-state index contributed by atoms with van der Waals surface area (Å²) in [6, 6.07) is 6.90. The van der Waals surface area contributed by atoms with Gasteiger partial charge >= 0.3 is 6.09 Å². The first kappa shape index (κ1) is 18.4. The fourth-order valence-electron chi connectivity index (χ4n) is 4.44. The van der Waals surface area contributed by atoms with Crippen molar-refractivity contribution in [1.82, 2.24) is 9.80 Å².